The second-order valence-corrected chi connectivity index (χ2v) is 4.94. The van der Waals surface area contributed by atoms with E-state index in [9.17, 15) is 5.11 Å². The molecule has 6 heteroatoms. The van der Waals surface area contributed by atoms with Gasteiger partial charge >= 0.3 is 0 Å². The van der Waals surface area contributed by atoms with Crippen molar-refractivity contribution >= 4 is 11.6 Å². The normalized spacial score (nSPS) is 14.1. The molecule has 1 unspecified atom stereocenters. The Hall–Kier alpha value is -0.850. The Kier molecular flexibility index (Phi) is 7.87. The van der Waals surface area contributed by atoms with E-state index in [1.807, 2.05) is 6.92 Å². The predicted octanol–water partition coefficient (Wildman–Crippen LogP) is 1.76. The molecule has 0 aliphatic carbocycles. The fourth-order valence-corrected chi connectivity index (χ4v) is 1.78. The first-order chi connectivity index (χ1) is 9.54. The first-order valence-corrected chi connectivity index (χ1v) is 6.85. The van der Waals surface area contributed by atoms with Crippen LogP contribution < -0.4 is 10.5 Å². The molecule has 2 atom stereocenters. The molecule has 0 amide bonds. The van der Waals surface area contributed by atoms with Crippen molar-refractivity contribution in [2.75, 3.05) is 33.5 Å². The number of aliphatic hydroxyl groups excluding tert-OH is 1. The molecule has 0 bridgehead atoms. The van der Waals surface area contributed by atoms with Gasteiger partial charge in [0.05, 0.1) is 19.8 Å². The molecule has 0 aliphatic heterocycles. The van der Waals surface area contributed by atoms with Crippen molar-refractivity contribution in [2.45, 2.75) is 19.1 Å². The molecule has 0 saturated heterocycles. The van der Waals surface area contributed by atoms with E-state index in [1.165, 1.54) is 0 Å². The van der Waals surface area contributed by atoms with E-state index in [1.54, 1.807) is 25.3 Å². The lowest BCUT2D eigenvalue weighted by Crippen LogP contribution is -2.25. The molecule has 3 N–H and O–H groups in total. The maximum absolute atomic E-state index is 9.75. The minimum Gasteiger partial charge on any atom is -0.490 e. The van der Waals surface area contributed by atoms with E-state index in [4.69, 9.17) is 31.5 Å². The Balaban J connectivity index is 2.44. The number of halogens is 1. The van der Waals surface area contributed by atoms with Crippen LogP contribution in [0.3, 0.4) is 0 Å². The summed E-state index contributed by atoms with van der Waals surface area (Å²) in [5, 5.41) is 10.4. The third-order valence-corrected chi connectivity index (χ3v) is 2.87. The molecule has 114 valence electrons. The van der Waals surface area contributed by atoms with Gasteiger partial charge in [0.1, 0.15) is 18.5 Å². The van der Waals surface area contributed by atoms with Crippen molar-refractivity contribution in [1.29, 1.82) is 0 Å². The maximum atomic E-state index is 9.75. The molecule has 1 aromatic rings. The van der Waals surface area contributed by atoms with Crippen molar-refractivity contribution in [3.05, 3.63) is 28.8 Å². The summed E-state index contributed by atoms with van der Waals surface area (Å²) in [5.41, 5.74) is 6.67. The number of nitrogens with two attached hydrogens (primary N) is 1. The van der Waals surface area contributed by atoms with E-state index in [2.05, 4.69) is 0 Å². The van der Waals surface area contributed by atoms with E-state index in [0.29, 0.717) is 24.0 Å². The summed E-state index contributed by atoms with van der Waals surface area (Å²) in [6.07, 6.45) is -0.705. The van der Waals surface area contributed by atoms with Gasteiger partial charge in [-0.2, -0.15) is 0 Å². The van der Waals surface area contributed by atoms with Gasteiger partial charge in [0.25, 0.3) is 0 Å². The number of rotatable bonds is 9. The molecule has 0 aliphatic rings. The second-order valence-electron chi connectivity index (χ2n) is 4.50. The molecule has 0 heterocycles. The number of hydrogen-bond acceptors (Lipinski definition) is 5. The van der Waals surface area contributed by atoms with Crippen molar-refractivity contribution < 1.29 is 19.3 Å². The van der Waals surface area contributed by atoms with E-state index >= 15 is 0 Å². The highest BCUT2D eigenvalue weighted by Gasteiger charge is 2.11. The van der Waals surface area contributed by atoms with Crippen molar-refractivity contribution in [3.8, 4) is 5.75 Å². The summed E-state index contributed by atoms with van der Waals surface area (Å²) in [7, 11) is 1.60. The lowest BCUT2D eigenvalue weighted by Gasteiger charge is -2.17. The number of hydrogen-bond donors (Lipinski definition) is 2. The summed E-state index contributed by atoms with van der Waals surface area (Å²) in [4.78, 5) is 0. The number of aliphatic hydroxyl groups is 1. The van der Waals surface area contributed by atoms with Gasteiger partial charge in [-0.15, -0.1) is 0 Å². The van der Waals surface area contributed by atoms with Gasteiger partial charge in [0, 0.05) is 23.7 Å². The van der Waals surface area contributed by atoms with Crippen LogP contribution in [0, 0.1) is 0 Å². The molecule has 1 rings (SSSR count). The Morgan fingerprint density at radius 3 is 2.70 bits per heavy atom. The Bertz CT molecular complexity index is 401. The molecule has 20 heavy (non-hydrogen) atoms. The van der Waals surface area contributed by atoms with E-state index in [0.717, 1.165) is 5.56 Å². The highest BCUT2D eigenvalue weighted by atomic mass is 35.5. The first kappa shape index (κ1) is 17.2. The minimum absolute atomic E-state index is 0.133. The van der Waals surface area contributed by atoms with Crippen LogP contribution in [0.1, 0.15) is 18.5 Å². The second kappa shape index (κ2) is 9.15. The SMILES string of the molecule is COCCOCC(O)COc1ccc(Cl)cc1[C@@H](C)N. The fourth-order valence-electron chi connectivity index (χ4n) is 1.60. The lowest BCUT2D eigenvalue weighted by atomic mass is 10.1. The van der Waals surface area contributed by atoms with Crippen LogP contribution in [0.25, 0.3) is 0 Å². The van der Waals surface area contributed by atoms with Crippen LogP contribution in [0.5, 0.6) is 5.75 Å². The zero-order valence-corrected chi connectivity index (χ0v) is 12.6. The lowest BCUT2D eigenvalue weighted by molar-refractivity contribution is -0.00435. The summed E-state index contributed by atoms with van der Waals surface area (Å²) in [6.45, 7) is 3.13. The Labute approximate surface area is 124 Å². The highest BCUT2D eigenvalue weighted by molar-refractivity contribution is 6.30. The fraction of sp³-hybridized carbons (Fsp3) is 0.571. The molecule has 1 aromatic carbocycles. The van der Waals surface area contributed by atoms with Gasteiger partial charge in [-0.25, -0.2) is 0 Å². The predicted molar refractivity (Wildman–Crippen MR) is 78.3 cm³/mol. The van der Waals surface area contributed by atoms with Gasteiger partial charge in [0.15, 0.2) is 0 Å². The molecule has 0 spiro atoms. The van der Waals surface area contributed by atoms with Crippen LogP contribution in [0.4, 0.5) is 0 Å². The zero-order valence-electron chi connectivity index (χ0n) is 11.8. The molecule has 0 radical (unpaired) electrons. The third-order valence-electron chi connectivity index (χ3n) is 2.64. The van der Waals surface area contributed by atoms with Gasteiger partial charge < -0.3 is 25.1 Å². The molecule has 0 fully saturated rings. The first-order valence-electron chi connectivity index (χ1n) is 6.47. The van der Waals surface area contributed by atoms with Gasteiger partial charge in [-0.3, -0.25) is 0 Å². The minimum atomic E-state index is -0.705. The molecule has 0 saturated carbocycles. The molecular formula is C14H22ClNO4. The number of ether oxygens (including phenoxy) is 3. The van der Waals surface area contributed by atoms with Crippen molar-refractivity contribution in [3.63, 3.8) is 0 Å². The summed E-state index contributed by atoms with van der Waals surface area (Å²) in [5.74, 6) is 0.625. The number of methoxy groups -OCH3 is 1. The van der Waals surface area contributed by atoms with Crippen LogP contribution >= 0.6 is 11.6 Å². The standard InChI is InChI=1S/C14H22ClNO4/c1-10(16)13-7-11(15)3-4-14(13)20-9-12(17)8-19-6-5-18-2/h3-4,7,10,12,17H,5-6,8-9,16H2,1-2H3/t10-,12?/m1/s1. The van der Waals surface area contributed by atoms with Crippen molar-refractivity contribution in [1.82, 2.24) is 0 Å². The summed E-state index contributed by atoms with van der Waals surface area (Å²) >= 11 is 5.93. The average Bonchev–Trinajstić information content (AvgIpc) is 2.42. The monoisotopic (exact) mass is 303 g/mol. The molecule has 0 aromatic heterocycles. The van der Waals surface area contributed by atoms with Gasteiger partial charge in [-0.05, 0) is 25.1 Å². The summed E-state index contributed by atoms with van der Waals surface area (Å²) in [6, 6.07) is 5.05. The van der Waals surface area contributed by atoms with Crippen LogP contribution in [0.2, 0.25) is 5.02 Å². The maximum Gasteiger partial charge on any atom is 0.124 e. The van der Waals surface area contributed by atoms with Crippen molar-refractivity contribution in [2.24, 2.45) is 5.73 Å². The summed E-state index contributed by atoms with van der Waals surface area (Å²) < 4.78 is 15.6. The van der Waals surface area contributed by atoms with Crippen LogP contribution in [-0.4, -0.2) is 44.7 Å². The van der Waals surface area contributed by atoms with Gasteiger partial charge in [0.2, 0.25) is 0 Å². The van der Waals surface area contributed by atoms with E-state index in [-0.39, 0.29) is 19.3 Å². The Morgan fingerprint density at radius 2 is 2.05 bits per heavy atom. The highest BCUT2D eigenvalue weighted by Crippen LogP contribution is 2.27. The quantitative estimate of drug-likeness (QED) is 0.680. The smallest absolute Gasteiger partial charge is 0.124 e. The average molecular weight is 304 g/mol. The van der Waals surface area contributed by atoms with E-state index < -0.39 is 6.10 Å². The van der Waals surface area contributed by atoms with Gasteiger partial charge in [-0.1, -0.05) is 11.6 Å². The number of benzene rings is 1. The third kappa shape index (κ3) is 6.07. The molecular weight excluding hydrogens is 282 g/mol. The zero-order chi connectivity index (χ0) is 15.0. The largest absolute Gasteiger partial charge is 0.490 e. The Morgan fingerprint density at radius 1 is 1.30 bits per heavy atom. The van der Waals surface area contributed by atoms with Crippen LogP contribution in [-0.2, 0) is 9.47 Å². The topological polar surface area (TPSA) is 73.9 Å². The molecule has 5 nitrogen and oxygen atoms in total. The van der Waals surface area contributed by atoms with Crippen LogP contribution in [0.15, 0.2) is 18.2 Å².